The average molecular weight is 312 g/mol. The van der Waals surface area contributed by atoms with Gasteiger partial charge in [0.15, 0.2) is 22.9 Å². The Labute approximate surface area is 130 Å². The largest absolute Gasteiger partial charge is 0.449 e. The molecule has 0 aliphatic rings. The zero-order valence-electron chi connectivity index (χ0n) is 12.4. The zero-order chi connectivity index (χ0) is 16.6. The second-order valence-electron chi connectivity index (χ2n) is 4.92. The maximum Gasteiger partial charge on any atom is 0.308 e. The van der Waals surface area contributed by atoms with Crippen LogP contribution in [0.3, 0.4) is 0 Å². The van der Waals surface area contributed by atoms with Gasteiger partial charge in [-0.2, -0.15) is 0 Å². The minimum atomic E-state index is -0.508. The zero-order valence-corrected chi connectivity index (χ0v) is 12.4. The third-order valence-corrected chi connectivity index (χ3v) is 3.36. The van der Waals surface area contributed by atoms with Crippen LogP contribution in [0.25, 0.3) is 21.7 Å². The Morgan fingerprint density at radius 3 is 2.26 bits per heavy atom. The van der Waals surface area contributed by atoms with Gasteiger partial charge >= 0.3 is 5.97 Å². The molecule has 2 aromatic carbocycles. The lowest BCUT2D eigenvalue weighted by atomic mass is 10.1. The van der Waals surface area contributed by atoms with Crippen LogP contribution >= 0.6 is 0 Å². The number of ether oxygens (including phenoxy) is 2. The Morgan fingerprint density at radius 1 is 1.04 bits per heavy atom. The molecule has 0 saturated heterocycles. The fraction of sp³-hybridized carbons (Fsp3) is 0.118. The van der Waals surface area contributed by atoms with Gasteiger partial charge < -0.3 is 13.9 Å². The molecule has 3 aromatic rings. The summed E-state index contributed by atoms with van der Waals surface area (Å²) in [6, 6.07) is 8.41. The monoisotopic (exact) mass is 312 g/mol. The fourth-order valence-corrected chi connectivity index (χ4v) is 2.47. The van der Waals surface area contributed by atoms with Gasteiger partial charge in [0.05, 0.1) is 5.39 Å². The van der Waals surface area contributed by atoms with Gasteiger partial charge in [0.25, 0.3) is 6.47 Å². The summed E-state index contributed by atoms with van der Waals surface area (Å²) in [6.07, 6.45) is 0. The molecule has 0 saturated carbocycles. The second kappa shape index (κ2) is 5.57. The second-order valence-corrected chi connectivity index (χ2v) is 4.92. The van der Waals surface area contributed by atoms with E-state index in [2.05, 4.69) is 0 Å². The first-order valence-corrected chi connectivity index (χ1v) is 6.80. The molecule has 0 aliphatic carbocycles. The summed E-state index contributed by atoms with van der Waals surface area (Å²) in [6.45, 7) is 2.91. The standard InChI is InChI=1S/C17H12O6/c1-9(19)14-7-13-15(22-10(2)20)11-5-3-4-6-12(11)16(21-8-18)17(13)23-14/h3-8H,1-2H3. The van der Waals surface area contributed by atoms with E-state index >= 15 is 0 Å². The molecule has 0 aliphatic heterocycles. The number of Topliss-reactive ketones (excluding diaryl/α,β-unsaturated/α-hetero) is 1. The van der Waals surface area contributed by atoms with Crippen LogP contribution in [-0.4, -0.2) is 18.2 Å². The SMILES string of the molecule is CC(=O)Oc1c2ccccc2c(OC=O)c2oc(C(C)=O)cc12. The van der Waals surface area contributed by atoms with E-state index in [1.807, 2.05) is 0 Å². The maximum atomic E-state index is 11.6. The summed E-state index contributed by atoms with van der Waals surface area (Å²) >= 11 is 0. The fourth-order valence-electron chi connectivity index (χ4n) is 2.47. The van der Waals surface area contributed by atoms with E-state index in [1.54, 1.807) is 24.3 Å². The predicted molar refractivity (Wildman–Crippen MR) is 81.7 cm³/mol. The molecule has 1 aromatic heterocycles. The van der Waals surface area contributed by atoms with Gasteiger partial charge in [-0.15, -0.1) is 0 Å². The summed E-state index contributed by atoms with van der Waals surface area (Å²) in [5.74, 6) is -0.284. The number of rotatable bonds is 4. The van der Waals surface area contributed by atoms with Crippen molar-refractivity contribution in [3.8, 4) is 11.5 Å². The number of fused-ring (bicyclic) bond motifs is 2. The molecular formula is C17H12O6. The molecule has 0 bridgehead atoms. The first-order valence-electron chi connectivity index (χ1n) is 6.80. The number of benzene rings is 2. The van der Waals surface area contributed by atoms with E-state index in [-0.39, 0.29) is 35.1 Å². The highest BCUT2D eigenvalue weighted by molar-refractivity contribution is 6.12. The molecule has 0 fully saturated rings. The number of carbonyl (C=O) groups excluding carboxylic acids is 3. The Hall–Kier alpha value is -3.15. The minimum absolute atomic E-state index is 0.0828. The van der Waals surface area contributed by atoms with Crippen LogP contribution in [0, 0.1) is 0 Å². The summed E-state index contributed by atoms with van der Waals surface area (Å²) in [5, 5.41) is 1.50. The van der Waals surface area contributed by atoms with Gasteiger partial charge in [-0.25, -0.2) is 0 Å². The molecule has 0 atom stereocenters. The molecule has 0 radical (unpaired) electrons. The summed E-state index contributed by atoms with van der Waals surface area (Å²) in [5.41, 5.74) is 0.178. The van der Waals surface area contributed by atoms with Gasteiger partial charge in [0.2, 0.25) is 0 Å². The normalized spacial score (nSPS) is 10.7. The number of hydrogen-bond donors (Lipinski definition) is 0. The highest BCUT2D eigenvalue weighted by atomic mass is 16.5. The average Bonchev–Trinajstić information content (AvgIpc) is 2.95. The van der Waals surface area contributed by atoms with Crippen LogP contribution in [0.5, 0.6) is 11.5 Å². The number of esters is 1. The van der Waals surface area contributed by atoms with Gasteiger partial charge in [0, 0.05) is 24.6 Å². The lowest BCUT2D eigenvalue weighted by molar-refractivity contribution is -0.131. The number of ketones is 1. The Bertz CT molecular complexity index is 951. The molecule has 6 heteroatoms. The van der Waals surface area contributed by atoms with Crippen LogP contribution in [0.4, 0.5) is 0 Å². The maximum absolute atomic E-state index is 11.6. The molecule has 116 valence electrons. The third-order valence-electron chi connectivity index (χ3n) is 3.36. The molecule has 0 amide bonds. The first kappa shape index (κ1) is 14.8. The molecule has 1 heterocycles. The summed E-state index contributed by atoms with van der Waals surface area (Å²) in [4.78, 5) is 33.9. The summed E-state index contributed by atoms with van der Waals surface area (Å²) in [7, 11) is 0. The van der Waals surface area contributed by atoms with Crippen molar-refractivity contribution in [2.24, 2.45) is 0 Å². The Kier molecular flexibility index (Phi) is 3.57. The van der Waals surface area contributed by atoms with Gasteiger partial charge in [-0.3, -0.25) is 14.4 Å². The topological polar surface area (TPSA) is 82.8 Å². The van der Waals surface area contributed by atoms with Crippen molar-refractivity contribution >= 4 is 40.0 Å². The van der Waals surface area contributed by atoms with E-state index in [9.17, 15) is 14.4 Å². The van der Waals surface area contributed by atoms with Crippen LogP contribution in [0.15, 0.2) is 34.7 Å². The van der Waals surface area contributed by atoms with E-state index in [0.717, 1.165) is 0 Å². The van der Waals surface area contributed by atoms with E-state index in [4.69, 9.17) is 13.9 Å². The van der Waals surface area contributed by atoms with Crippen LogP contribution < -0.4 is 9.47 Å². The molecular weight excluding hydrogens is 300 g/mol. The van der Waals surface area contributed by atoms with Crippen molar-refractivity contribution in [1.29, 1.82) is 0 Å². The van der Waals surface area contributed by atoms with E-state index in [0.29, 0.717) is 16.2 Å². The van der Waals surface area contributed by atoms with Crippen LogP contribution in [0.1, 0.15) is 24.4 Å². The highest BCUT2D eigenvalue weighted by Gasteiger charge is 2.22. The molecule has 3 rings (SSSR count). The van der Waals surface area contributed by atoms with Gasteiger partial charge in [-0.05, 0) is 6.07 Å². The first-order chi connectivity index (χ1) is 11.0. The molecule has 0 spiro atoms. The van der Waals surface area contributed by atoms with Crippen molar-refractivity contribution in [1.82, 2.24) is 0 Å². The predicted octanol–water partition coefficient (Wildman–Crippen LogP) is 3.25. The van der Waals surface area contributed by atoms with Crippen molar-refractivity contribution in [2.75, 3.05) is 0 Å². The smallest absolute Gasteiger partial charge is 0.308 e. The number of hydrogen-bond acceptors (Lipinski definition) is 6. The lowest BCUT2D eigenvalue weighted by Gasteiger charge is -2.10. The molecule has 0 unspecified atom stereocenters. The van der Waals surface area contributed by atoms with E-state index in [1.165, 1.54) is 19.9 Å². The summed E-state index contributed by atoms with van der Waals surface area (Å²) < 4.78 is 15.9. The van der Waals surface area contributed by atoms with Crippen molar-refractivity contribution in [2.45, 2.75) is 13.8 Å². The molecule has 0 N–H and O–H groups in total. The van der Waals surface area contributed by atoms with Gasteiger partial charge in [0.1, 0.15) is 5.75 Å². The van der Waals surface area contributed by atoms with Gasteiger partial charge in [-0.1, -0.05) is 24.3 Å². The van der Waals surface area contributed by atoms with E-state index < -0.39 is 5.97 Å². The van der Waals surface area contributed by atoms with Crippen LogP contribution in [0.2, 0.25) is 0 Å². The third kappa shape index (κ3) is 2.44. The van der Waals surface area contributed by atoms with Crippen LogP contribution in [-0.2, 0) is 9.59 Å². The molecule has 23 heavy (non-hydrogen) atoms. The van der Waals surface area contributed by atoms with Crippen molar-refractivity contribution in [3.05, 3.63) is 36.1 Å². The van der Waals surface area contributed by atoms with Crippen molar-refractivity contribution in [3.63, 3.8) is 0 Å². The number of furan rings is 1. The lowest BCUT2D eigenvalue weighted by Crippen LogP contribution is -2.03. The van der Waals surface area contributed by atoms with Crippen molar-refractivity contribution < 1.29 is 28.3 Å². The highest BCUT2D eigenvalue weighted by Crippen LogP contribution is 2.44. The minimum Gasteiger partial charge on any atom is -0.449 e. The molecule has 6 nitrogen and oxygen atoms in total. The Balaban J connectivity index is 2.49. The number of carbonyl (C=O) groups is 3. The quantitative estimate of drug-likeness (QED) is 0.318. The Morgan fingerprint density at radius 2 is 1.70 bits per heavy atom.